The number of anilines is 3. The van der Waals surface area contributed by atoms with E-state index in [1.807, 2.05) is 84.9 Å². The van der Waals surface area contributed by atoms with Gasteiger partial charge in [-0.2, -0.15) is 5.10 Å². The van der Waals surface area contributed by atoms with Gasteiger partial charge in [-0.05, 0) is 54.6 Å². The molecule has 2 aromatic heterocycles. The van der Waals surface area contributed by atoms with Crippen molar-refractivity contribution in [3.8, 4) is 11.4 Å². The van der Waals surface area contributed by atoms with Crippen LogP contribution in [-0.4, -0.2) is 26.1 Å². The Hall–Kier alpha value is -5.04. The second-order valence-corrected chi connectivity index (χ2v) is 8.08. The highest BCUT2D eigenvalue weighted by atomic mass is 16.1. The van der Waals surface area contributed by atoms with Crippen molar-refractivity contribution in [2.75, 3.05) is 10.6 Å². The number of aromatic nitrogens is 4. The summed E-state index contributed by atoms with van der Waals surface area (Å²) in [4.78, 5) is 22.5. The van der Waals surface area contributed by atoms with E-state index in [2.05, 4.69) is 20.8 Å². The molecule has 7 nitrogen and oxygen atoms in total. The second-order valence-electron chi connectivity index (χ2n) is 8.08. The lowest BCUT2D eigenvalue weighted by molar-refractivity contribution is 0.102. The van der Waals surface area contributed by atoms with E-state index >= 15 is 0 Å². The van der Waals surface area contributed by atoms with Gasteiger partial charge >= 0.3 is 0 Å². The fourth-order valence-electron chi connectivity index (χ4n) is 4.02. The SMILES string of the molecule is O=C(Nc1ccccc1-c1nc(Nc2ccc3[nH]ncc3c2)c2ccccc2n1)c1ccccc1. The fourth-order valence-corrected chi connectivity index (χ4v) is 4.02. The Bertz CT molecular complexity index is 1680. The third-order valence-electron chi connectivity index (χ3n) is 5.76. The summed E-state index contributed by atoms with van der Waals surface area (Å²) in [5.74, 6) is 1.00. The normalized spacial score (nSPS) is 11.0. The van der Waals surface area contributed by atoms with Crippen LogP contribution in [0.5, 0.6) is 0 Å². The topological polar surface area (TPSA) is 95.6 Å². The molecule has 0 aliphatic carbocycles. The third-order valence-corrected chi connectivity index (χ3v) is 5.76. The molecular weight excluding hydrogens is 436 g/mol. The van der Waals surface area contributed by atoms with Crippen LogP contribution in [0.4, 0.5) is 17.2 Å². The van der Waals surface area contributed by atoms with Crippen molar-refractivity contribution in [3.63, 3.8) is 0 Å². The van der Waals surface area contributed by atoms with Gasteiger partial charge in [0.1, 0.15) is 5.82 Å². The van der Waals surface area contributed by atoms with Crippen LogP contribution in [0.15, 0.2) is 103 Å². The summed E-state index contributed by atoms with van der Waals surface area (Å²) >= 11 is 0. The highest BCUT2D eigenvalue weighted by molar-refractivity contribution is 6.06. The number of fused-ring (bicyclic) bond motifs is 2. The van der Waals surface area contributed by atoms with Gasteiger partial charge in [0.05, 0.1) is 22.9 Å². The molecule has 7 heteroatoms. The van der Waals surface area contributed by atoms with E-state index in [4.69, 9.17) is 9.97 Å². The summed E-state index contributed by atoms with van der Waals surface area (Å²) in [5, 5.41) is 15.4. The summed E-state index contributed by atoms with van der Waals surface area (Å²) in [6.45, 7) is 0. The first-order valence-corrected chi connectivity index (χ1v) is 11.2. The second kappa shape index (κ2) is 8.72. The minimum atomic E-state index is -0.189. The lowest BCUT2D eigenvalue weighted by atomic mass is 10.1. The van der Waals surface area contributed by atoms with E-state index in [0.717, 1.165) is 33.1 Å². The van der Waals surface area contributed by atoms with Crippen molar-refractivity contribution >= 4 is 44.9 Å². The number of carbonyl (C=O) groups is 1. The zero-order valence-electron chi connectivity index (χ0n) is 18.6. The number of nitrogens with zero attached hydrogens (tertiary/aromatic N) is 3. The molecule has 35 heavy (non-hydrogen) atoms. The van der Waals surface area contributed by atoms with Gasteiger partial charge in [0.25, 0.3) is 5.91 Å². The monoisotopic (exact) mass is 456 g/mol. The molecule has 168 valence electrons. The molecule has 6 aromatic rings. The van der Waals surface area contributed by atoms with Crippen LogP contribution >= 0.6 is 0 Å². The fraction of sp³-hybridized carbons (Fsp3) is 0. The average Bonchev–Trinajstić information content (AvgIpc) is 3.37. The maximum atomic E-state index is 12.8. The van der Waals surface area contributed by atoms with Crippen LogP contribution in [0.1, 0.15) is 10.4 Å². The molecule has 3 N–H and O–H groups in total. The van der Waals surface area contributed by atoms with Gasteiger partial charge in [0.2, 0.25) is 0 Å². The van der Waals surface area contributed by atoms with Gasteiger partial charge in [0, 0.05) is 27.6 Å². The molecule has 0 saturated heterocycles. The van der Waals surface area contributed by atoms with E-state index in [1.54, 1.807) is 18.3 Å². The maximum absolute atomic E-state index is 12.8. The zero-order valence-corrected chi connectivity index (χ0v) is 18.6. The molecule has 0 saturated carbocycles. The van der Waals surface area contributed by atoms with Gasteiger partial charge in [-0.3, -0.25) is 9.89 Å². The molecular formula is C28H20N6O. The number of hydrogen-bond acceptors (Lipinski definition) is 5. The van der Waals surface area contributed by atoms with Crippen molar-refractivity contribution in [2.24, 2.45) is 0 Å². The molecule has 0 fully saturated rings. The van der Waals surface area contributed by atoms with E-state index in [0.29, 0.717) is 22.9 Å². The smallest absolute Gasteiger partial charge is 0.255 e. The predicted molar refractivity (Wildman–Crippen MR) is 139 cm³/mol. The first-order chi connectivity index (χ1) is 17.2. The van der Waals surface area contributed by atoms with E-state index in [-0.39, 0.29) is 5.91 Å². The van der Waals surface area contributed by atoms with Gasteiger partial charge in [-0.25, -0.2) is 9.97 Å². The first-order valence-electron chi connectivity index (χ1n) is 11.2. The maximum Gasteiger partial charge on any atom is 0.255 e. The first kappa shape index (κ1) is 20.6. The Morgan fingerprint density at radius 1 is 0.800 bits per heavy atom. The minimum absolute atomic E-state index is 0.189. The number of hydrogen-bond donors (Lipinski definition) is 3. The molecule has 4 aromatic carbocycles. The zero-order chi connectivity index (χ0) is 23.6. The van der Waals surface area contributed by atoms with Crippen LogP contribution in [0.25, 0.3) is 33.2 Å². The van der Waals surface area contributed by atoms with Crippen molar-refractivity contribution in [1.82, 2.24) is 20.2 Å². The number of H-pyrrole nitrogens is 1. The molecule has 0 unspecified atom stereocenters. The Morgan fingerprint density at radius 2 is 1.60 bits per heavy atom. The molecule has 6 rings (SSSR count). The lowest BCUT2D eigenvalue weighted by Gasteiger charge is -2.14. The molecule has 2 heterocycles. The predicted octanol–water partition coefficient (Wildman–Crippen LogP) is 6.17. The number of benzene rings is 4. The van der Waals surface area contributed by atoms with Crippen molar-refractivity contribution in [1.29, 1.82) is 0 Å². The molecule has 0 aliphatic heterocycles. The van der Waals surface area contributed by atoms with Gasteiger partial charge < -0.3 is 10.6 Å². The highest BCUT2D eigenvalue weighted by Crippen LogP contribution is 2.31. The van der Waals surface area contributed by atoms with Crippen molar-refractivity contribution < 1.29 is 4.79 Å². The number of amides is 1. The highest BCUT2D eigenvalue weighted by Gasteiger charge is 2.15. The molecule has 0 atom stereocenters. The number of carbonyl (C=O) groups excluding carboxylic acids is 1. The summed E-state index contributed by atoms with van der Waals surface area (Å²) in [5.41, 5.74) is 4.61. The largest absolute Gasteiger partial charge is 0.340 e. The van der Waals surface area contributed by atoms with Crippen LogP contribution in [0.3, 0.4) is 0 Å². The standard InChI is InChI=1S/C28H20N6O/c35-28(18-8-2-1-3-9-18)32-25-13-7-5-11-22(25)27-31-24-12-6-4-10-21(24)26(33-27)30-20-14-15-23-19(16-20)17-29-34-23/h1-17H,(H,29,34)(H,32,35)(H,30,31,33). The van der Waals surface area contributed by atoms with Gasteiger partial charge in [-0.15, -0.1) is 0 Å². The third kappa shape index (κ3) is 4.06. The van der Waals surface area contributed by atoms with E-state index < -0.39 is 0 Å². The molecule has 0 aliphatic rings. The van der Waals surface area contributed by atoms with Crippen LogP contribution in [0, 0.1) is 0 Å². The molecule has 0 bridgehead atoms. The summed E-state index contributed by atoms with van der Waals surface area (Å²) in [6.07, 6.45) is 1.79. The molecule has 1 amide bonds. The minimum Gasteiger partial charge on any atom is -0.340 e. The Balaban J connectivity index is 1.42. The quantitative estimate of drug-likeness (QED) is 0.288. The van der Waals surface area contributed by atoms with Crippen LogP contribution in [0.2, 0.25) is 0 Å². The Morgan fingerprint density at radius 3 is 2.51 bits per heavy atom. The number of aromatic amines is 1. The van der Waals surface area contributed by atoms with Gasteiger partial charge in [0.15, 0.2) is 5.82 Å². The number of nitrogens with one attached hydrogen (secondary N) is 3. The van der Waals surface area contributed by atoms with Crippen LogP contribution < -0.4 is 10.6 Å². The Labute approximate surface area is 200 Å². The Kier molecular flexibility index (Phi) is 5.12. The molecule has 0 spiro atoms. The van der Waals surface area contributed by atoms with Gasteiger partial charge in [-0.1, -0.05) is 42.5 Å². The van der Waals surface area contributed by atoms with E-state index in [9.17, 15) is 4.79 Å². The lowest BCUT2D eigenvalue weighted by Crippen LogP contribution is -2.12. The van der Waals surface area contributed by atoms with Crippen molar-refractivity contribution in [2.45, 2.75) is 0 Å². The molecule has 0 radical (unpaired) electrons. The van der Waals surface area contributed by atoms with Crippen molar-refractivity contribution in [3.05, 3.63) is 109 Å². The number of rotatable bonds is 5. The number of para-hydroxylation sites is 2. The van der Waals surface area contributed by atoms with Crippen LogP contribution in [-0.2, 0) is 0 Å². The van der Waals surface area contributed by atoms with E-state index in [1.165, 1.54) is 0 Å². The summed E-state index contributed by atoms with van der Waals surface area (Å²) < 4.78 is 0. The summed E-state index contributed by atoms with van der Waals surface area (Å²) in [6, 6.07) is 30.5. The average molecular weight is 457 g/mol. The summed E-state index contributed by atoms with van der Waals surface area (Å²) in [7, 11) is 0.